The molecule has 9 nitrogen and oxygen atoms in total. The zero-order valence-electron chi connectivity index (χ0n) is 25.2. The average molecular weight is 586 g/mol. The lowest BCUT2D eigenvalue weighted by Crippen LogP contribution is -2.71. The van der Waals surface area contributed by atoms with Crippen molar-refractivity contribution in [2.75, 3.05) is 19.7 Å². The molecule has 3 aromatic carbocycles. The van der Waals surface area contributed by atoms with Crippen molar-refractivity contribution in [3.8, 4) is 5.75 Å². The third-order valence-corrected chi connectivity index (χ3v) is 7.75. The summed E-state index contributed by atoms with van der Waals surface area (Å²) in [5, 5.41) is 14.0. The van der Waals surface area contributed by atoms with Crippen molar-refractivity contribution < 1.29 is 19.1 Å². The van der Waals surface area contributed by atoms with Gasteiger partial charge in [0.2, 0.25) is 11.8 Å². The maximum atomic E-state index is 13.8. The molecule has 3 atom stereocenters. The lowest BCUT2D eigenvalue weighted by atomic mass is 9.93. The van der Waals surface area contributed by atoms with Crippen molar-refractivity contribution in [1.29, 1.82) is 0 Å². The number of nitrogens with one attached hydrogen (secondary N) is 4. The second kappa shape index (κ2) is 14.8. The van der Waals surface area contributed by atoms with Crippen LogP contribution in [0.2, 0.25) is 0 Å². The zero-order valence-corrected chi connectivity index (χ0v) is 25.2. The molecule has 43 heavy (non-hydrogen) atoms. The van der Waals surface area contributed by atoms with E-state index in [9.17, 15) is 14.4 Å². The first-order chi connectivity index (χ1) is 20.7. The highest BCUT2D eigenvalue weighted by Crippen LogP contribution is 2.20. The van der Waals surface area contributed by atoms with Gasteiger partial charge in [-0.05, 0) is 41.2 Å². The highest BCUT2D eigenvalue weighted by atomic mass is 16.5. The van der Waals surface area contributed by atoms with Crippen molar-refractivity contribution in [2.24, 2.45) is 11.7 Å². The number of fused-ring (bicyclic) bond motifs is 2. The highest BCUT2D eigenvalue weighted by Gasteiger charge is 2.42. The van der Waals surface area contributed by atoms with E-state index >= 15 is 0 Å². The number of para-hydroxylation sites is 1. The molecule has 0 radical (unpaired) electrons. The van der Waals surface area contributed by atoms with Crippen LogP contribution in [0.4, 0.5) is 0 Å². The van der Waals surface area contributed by atoms with Crippen LogP contribution in [-0.4, -0.2) is 55.2 Å². The van der Waals surface area contributed by atoms with Crippen molar-refractivity contribution in [2.45, 2.75) is 57.8 Å². The molecule has 3 aromatic rings. The number of hydrogen-bond acceptors (Lipinski definition) is 6. The lowest BCUT2D eigenvalue weighted by molar-refractivity contribution is -0.138. The van der Waals surface area contributed by atoms with Crippen molar-refractivity contribution in [1.82, 2.24) is 21.3 Å². The van der Waals surface area contributed by atoms with Crippen molar-refractivity contribution >= 4 is 34.6 Å². The number of hydrogen-bond donors (Lipinski definition) is 5. The SMILES string of the molecule is CCC[C@@H]1NC(=O)[C@@](N)(C(C)C)NC(=O)[C@@H](Cc2ccc3ccccc3c2)NCCOc2ccccc2/C=C/CNC1=O. The molecule has 0 fully saturated rings. The smallest absolute Gasteiger partial charge is 0.261 e. The topological polar surface area (TPSA) is 135 Å². The second-order valence-corrected chi connectivity index (χ2v) is 11.3. The fourth-order valence-electron chi connectivity index (χ4n) is 5.06. The first-order valence-corrected chi connectivity index (χ1v) is 15.0. The van der Waals surface area contributed by atoms with E-state index in [0.717, 1.165) is 21.9 Å². The van der Waals surface area contributed by atoms with Gasteiger partial charge in [-0.3, -0.25) is 14.4 Å². The molecule has 1 heterocycles. The Kier molecular flexibility index (Phi) is 10.9. The van der Waals surface area contributed by atoms with Crippen LogP contribution < -0.4 is 31.7 Å². The monoisotopic (exact) mass is 585 g/mol. The van der Waals surface area contributed by atoms with Gasteiger partial charge in [-0.2, -0.15) is 0 Å². The molecule has 6 N–H and O–H groups in total. The van der Waals surface area contributed by atoms with Gasteiger partial charge in [0.25, 0.3) is 5.91 Å². The summed E-state index contributed by atoms with van der Waals surface area (Å²) in [6.45, 7) is 6.43. The fourth-order valence-corrected chi connectivity index (χ4v) is 5.06. The summed E-state index contributed by atoms with van der Waals surface area (Å²) in [7, 11) is 0. The first kappa shape index (κ1) is 31.7. The summed E-state index contributed by atoms with van der Waals surface area (Å²) in [5.74, 6) is -1.11. The molecule has 228 valence electrons. The standard InChI is InChI=1S/C34H43N5O4/c1-4-10-28-31(40)37-18-9-14-26-12-7-8-15-30(26)43-20-19-36-29(32(41)39-34(35,23(2)3)33(42)38-28)22-24-16-17-25-11-5-6-13-27(25)21-24/h5-9,11-17,21,23,28-29,36H,4,10,18-20,22,35H2,1-3H3,(H,37,40)(H,38,42)(H,39,41)/b14-9+/t28-,29+,34+/m0/s1. The molecule has 3 amide bonds. The molecule has 1 aliphatic heterocycles. The van der Waals surface area contributed by atoms with Gasteiger partial charge < -0.3 is 31.7 Å². The summed E-state index contributed by atoms with van der Waals surface area (Å²) < 4.78 is 6.07. The highest BCUT2D eigenvalue weighted by molar-refractivity contribution is 5.96. The summed E-state index contributed by atoms with van der Waals surface area (Å²) in [6.07, 6.45) is 5.19. The third kappa shape index (κ3) is 8.21. The van der Waals surface area contributed by atoms with E-state index in [-0.39, 0.29) is 12.5 Å². The van der Waals surface area contributed by atoms with E-state index in [0.29, 0.717) is 38.2 Å². The van der Waals surface area contributed by atoms with Gasteiger partial charge in [0.05, 0.1) is 6.04 Å². The predicted octanol–water partition coefficient (Wildman–Crippen LogP) is 3.27. The van der Waals surface area contributed by atoms with Crippen LogP contribution in [0, 0.1) is 5.92 Å². The lowest BCUT2D eigenvalue weighted by Gasteiger charge is -2.35. The Balaban J connectivity index is 1.64. The number of nitrogens with two attached hydrogens (primary N) is 1. The van der Waals surface area contributed by atoms with Gasteiger partial charge in [-0.1, -0.05) is 100 Å². The number of carbonyl (C=O) groups excluding carboxylic acids is 3. The molecule has 0 saturated carbocycles. The van der Waals surface area contributed by atoms with Crippen LogP contribution in [0.15, 0.2) is 72.8 Å². The molecule has 0 aromatic heterocycles. The quantitative estimate of drug-likeness (QED) is 0.312. The van der Waals surface area contributed by atoms with Gasteiger partial charge in [0, 0.05) is 18.7 Å². The summed E-state index contributed by atoms with van der Waals surface area (Å²) in [4.78, 5) is 40.5. The van der Waals surface area contributed by atoms with Crippen LogP contribution in [0.5, 0.6) is 5.75 Å². The Morgan fingerprint density at radius 2 is 1.70 bits per heavy atom. The zero-order chi connectivity index (χ0) is 30.8. The normalized spacial score (nSPS) is 23.2. The van der Waals surface area contributed by atoms with Crippen LogP contribution in [0.3, 0.4) is 0 Å². The Labute approximate surface area is 253 Å². The van der Waals surface area contributed by atoms with Gasteiger partial charge in [-0.15, -0.1) is 0 Å². The van der Waals surface area contributed by atoms with Crippen LogP contribution >= 0.6 is 0 Å². The molecule has 4 rings (SSSR count). The maximum absolute atomic E-state index is 13.8. The average Bonchev–Trinajstić information content (AvgIpc) is 3.00. The van der Waals surface area contributed by atoms with Crippen LogP contribution in [0.1, 0.15) is 44.7 Å². The molecular weight excluding hydrogens is 542 g/mol. The molecule has 9 heteroatoms. The maximum Gasteiger partial charge on any atom is 0.261 e. The van der Waals surface area contributed by atoms with Crippen LogP contribution in [0.25, 0.3) is 16.8 Å². The minimum absolute atomic E-state index is 0.274. The Bertz CT molecular complexity index is 1460. The van der Waals surface area contributed by atoms with E-state index in [1.54, 1.807) is 13.8 Å². The number of ether oxygens (including phenoxy) is 1. The molecule has 0 saturated heterocycles. The van der Waals surface area contributed by atoms with Crippen molar-refractivity contribution in [3.63, 3.8) is 0 Å². The van der Waals surface area contributed by atoms with E-state index < -0.39 is 35.5 Å². The second-order valence-electron chi connectivity index (χ2n) is 11.3. The minimum atomic E-state index is -1.74. The largest absolute Gasteiger partial charge is 0.492 e. The Hall–Kier alpha value is -4.21. The van der Waals surface area contributed by atoms with Gasteiger partial charge >= 0.3 is 0 Å². The number of carbonyl (C=O) groups is 3. The number of amides is 3. The Morgan fingerprint density at radius 3 is 2.47 bits per heavy atom. The molecule has 0 spiro atoms. The van der Waals surface area contributed by atoms with Crippen molar-refractivity contribution in [3.05, 3.63) is 83.9 Å². The molecule has 1 aliphatic rings. The van der Waals surface area contributed by atoms with Gasteiger partial charge in [-0.25, -0.2) is 0 Å². The van der Waals surface area contributed by atoms with E-state index in [4.69, 9.17) is 10.5 Å². The minimum Gasteiger partial charge on any atom is -0.492 e. The number of rotatable bonds is 5. The van der Waals surface area contributed by atoms with E-state index in [1.807, 2.05) is 79.7 Å². The molecule has 0 bridgehead atoms. The third-order valence-electron chi connectivity index (χ3n) is 7.75. The van der Waals surface area contributed by atoms with Crippen LogP contribution in [-0.2, 0) is 20.8 Å². The molecule has 0 aliphatic carbocycles. The number of benzene rings is 3. The van der Waals surface area contributed by atoms with E-state index in [1.165, 1.54) is 0 Å². The molecule has 0 unspecified atom stereocenters. The predicted molar refractivity (Wildman–Crippen MR) is 170 cm³/mol. The van der Waals surface area contributed by atoms with Gasteiger partial charge in [0.15, 0.2) is 5.66 Å². The molecular formula is C34H43N5O4. The van der Waals surface area contributed by atoms with Gasteiger partial charge in [0.1, 0.15) is 18.4 Å². The summed E-state index contributed by atoms with van der Waals surface area (Å²) in [5.41, 5.74) is 6.72. The summed E-state index contributed by atoms with van der Waals surface area (Å²) >= 11 is 0. The van der Waals surface area contributed by atoms with E-state index in [2.05, 4.69) is 27.3 Å². The Morgan fingerprint density at radius 1 is 0.953 bits per heavy atom. The first-order valence-electron chi connectivity index (χ1n) is 15.0. The summed E-state index contributed by atoms with van der Waals surface area (Å²) in [6, 6.07) is 20.3. The fraction of sp³-hybridized carbons (Fsp3) is 0.382.